The molecule has 0 saturated heterocycles. The van der Waals surface area contributed by atoms with E-state index in [0.717, 1.165) is 21.2 Å². The third-order valence-corrected chi connectivity index (χ3v) is 4.60. The summed E-state index contributed by atoms with van der Waals surface area (Å²) in [5.41, 5.74) is 1.64. The number of nitrogens with zero attached hydrogens (tertiary/aromatic N) is 4. The minimum absolute atomic E-state index is 0.194. The lowest BCUT2D eigenvalue weighted by Gasteiger charge is -2.08. The molecule has 3 aromatic heterocycles. The second kappa shape index (κ2) is 7.48. The van der Waals surface area contributed by atoms with Crippen molar-refractivity contribution in [2.75, 3.05) is 5.32 Å². The molecule has 0 aliphatic rings. The van der Waals surface area contributed by atoms with E-state index in [9.17, 15) is 4.79 Å². The number of aromatic nitrogens is 4. The van der Waals surface area contributed by atoms with Gasteiger partial charge in [-0.25, -0.2) is 0 Å². The number of hydrogen-bond donors (Lipinski definition) is 2. The fraction of sp³-hybridized carbons (Fsp3) is 0. The van der Waals surface area contributed by atoms with Crippen molar-refractivity contribution in [1.29, 1.82) is 0 Å². The van der Waals surface area contributed by atoms with Crippen LogP contribution in [0.5, 0.6) is 0 Å². The molecule has 0 bridgehead atoms. The van der Waals surface area contributed by atoms with Gasteiger partial charge < -0.3 is 9.73 Å². The summed E-state index contributed by atoms with van der Waals surface area (Å²) < 4.78 is 6.75. The van der Waals surface area contributed by atoms with E-state index in [1.165, 1.54) is 23.7 Å². The van der Waals surface area contributed by atoms with Gasteiger partial charge in [-0.05, 0) is 42.6 Å². The smallest absolute Gasteiger partial charge is 0.250 e. The molecule has 4 aromatic rings. The van der Waals surface area contributed by atoms with Crippen LogP contribution in [0.15, 0.2) is 59.5 Å². The van der Waals surface area contributed by atoms with Gasteiger partial charge in [-0.3, -0.25) is 10.1 Å². The Morgan fingerprint density at radius 1 is 1.30 bits per heavy atom. The van der Waals surface area contributed by atoms with Crippen LogP contribution >= 0.6 is 23.6 Å². The first-order valence-corrected chi connectivity index (χ1v) is 9.01. The number of amides is 1. The maximum Gasteiger partial charge on any atom is 0.250 e. The lowest BCUT2D eigenvalue weighted by atomic mass is 10.2. The number of rotatable bonds is 4. The van der Waals surface area contributed by atoms with Gasteiger partial charge in [-0.15, -0.1) is 10.2 Å². The molecule has 10 heteroatoms. The quantitative estimate of drug-likeness (QED) is 0.404. The van der Waals surface area contributed by atoms with Gasteiger partial charge in [-0.2, -0.15) is 9.61 Å². The van der Waals surface area contributed by atoms with E-state index in [2.05, 4.69) is 25.9 Å². The van der Waals surface area contributed by atoms with Crippen molar-refractivity contribution in [2.24, 2.45) is 0 Å². The van der Waals surface area contributed by atoms with Crippen molar-refractivity contribution in [3.63, 3.8) is 0 Å². The topological polar surface area (TPSA) is 97.3 Å². The van der Waals surface area contributed by atoms with E-state index in [1.54, 1.807) is 29.1 Å². The van der Waals surface area contributed by atoms with E-state index in [1.807, 2.05) is 24.3 Å². The van der Waals surface area contributed by atoms with Crippen LogP contribution < -0.4 is 10.6 Å². The first kappa shape index (κ1) is 17.1. The Hall–Kier alpha value is -3.37. The highest BCUT2D eigenvalue weighted by atomic mass is 32.1. The highest BCUT2D eigenvalue weighted by Gasteiger charge is 2.09. The third-order valence-electron chi connectivity index (χ3n) is 3.43. The van der Waals surface area contributed by atoms with Gasteiger partial charge in [0.2, 0.25) is 10.9 Å². The number of benzene rings is 1. The van der Waals surface area contributed by atoms with Crippen LogP contribution in [-0.4, -0.2) is 30.8 Å². The predicted octanol–water partition coefficient (Wildman–Crippen LogP) is 2.97. The largest absolute Gasteiger partial charge is 0.465 e. The predicted molar refractivity (Wildman–Crippen MR) is 106 cm³/mol. The monoisotopic (exact) mass is 396 g/mol. The molecule has 8 nitrogen and oxygen atoms in total. The van der Waals surface area contributed by atoms with Crippen molar-refractivity contribution in [2.45, 2.75) is 0 Å². The van der Waals surface area contributed by atoms with Crippen LogP contribution in [0.25, 0.3) is 21.6 Å². The van der Waals surface area contributed by atoms with Crippen molar-refractivity contribution in [3.05, 3.63) is 60.8 Å². The molecule has 2 N–H and O–H groups in total. The van der Waals surface area contributed by atoms with Gasteiger partial charge in [0.05, 0.1) is 6.26 Å². The minimum Gasteiger partial charge on any atom is -0.465 e. The molecule has 0 aliphatic carbocycles. The van der Waals surface area contributed by atoms with Crippen molar-refractivity contribution < 1.29 is 9.21 Å². The molecule has 0 radical (unpaired) electrons. The Morgan fingerprint density at radius 2 is 2.22 bits per heavy atom. The summed E-state index contributed by atoms with van der Waals surface area (Å²) in [6.07, 6.45) is 6.00. The Morgan fingerprint density at radius 3 is 3.04 bits per heavy atom. The molecular weight excluding hydrogens is 384 g/mol. The first-order valence-electron chi connectivity index (χ1n) is 7.78. The van der Waals surface area contributed by atoms with Crippen LogP contribution in [0.4, 0.5) is 5.69 Å². The molecule has 0 aliphatic heterocycles. The molecule has 134 valence electrons. The molecule has 1 amide bonds. The Kier molecular flexibility index (Phi) is 4.73. The van der Waals surface area contributed by atoms with Gasteiger partial charge in [0.1, 0.15) is 17.1 Å². The summed E-state index contributed by atoms with van der Waals surface area (Å²) in [6, 6.07) is 11.0. The number of nitrogens with one attached hydrogen (secondary N) is 2. The second-order valence-corrected chi connectivity index (χ2v) is 6.70. The van der Waals surface area contributed by atoms with Crippen molar-refractivity contribution in [3.8, 4) is 10.6 Å². The molecule has 1 aromatic carbocycles. The normalized spacial score (nSPS) is 11.1. The van der Waals surface area contributed by atoms with Crippen LogP contribution in [-0.2, 0) is 4.79 Å². The van der Waals surface area contributed by atoms with Gasteiger partial charge in [0, 0.05) is 17.3 Å². The number of thiocarbonyl (C=S) groups is 1. The molecule has 0 atom stereocenters. The zero-order valence-corrected chi connectivity index (χ0v) is 15.3. The average molecular weight is 396 g/mol. The number of anilines is 1. The summed E-state index contributed by atoms with van der Waals surface area (Å²) >= 11 is 6.62. The standard InChI is InChI=1S/C17H12N6O2S2/c24-14(7-6-13-5-2-8-25-13)20-16(26)19-12-4-1-3-11(9-12)15-22-23-10-18-21-17(23)27-15/h1-10H,(H2,19,20,24,26). The zero-order valence-electron chi connectivity index (χ0n) is 13.7. The lowest BCUT2D eigenvalue weighted by molar-refractivity contribution is -0.115. The maximum atomic E-state index is 11.9. The minimum atomic E-state index is -0.353. The molecule has 0 spiro atoms. The summed E-state index contributed by atoms with van der Waals surface area (Å²) in [5.74, 6) is 0.232. The van der Waals surface area contributed by atoms with E-state index in [-0.39, 0.29) is 11.0 Å². The van der Waals surface area contributed by atoms with E-state index < -0.39 is 0 Å². The number of fused-ring (bicyclic) bond motifs is 1. The average Bonchev–Trinajstić information content (AvgIpc) is 3.37. The summed E-state index contributed by atoms with van der Waals surface area (Å²) in [5, 5.41) is 18.8. The van der Waals surface area contributed by atoms with Crippen LogP contribution in [0.3, 0.4) is 0 Å². The second-order valence-electron chi connectivity index (χ2n) is 5.34. The lowest BCUT2D eigenvalue weighted by Crippen LogP contribution is -2.32. The van der Waals surface area contributed by atoms with E-state index in [4.69, 9.17) is 16.6 Å². The van der Waals surface area contributed by atoms with Crippen molar-refractivity contribution in [1.82, 2.24) is 25.1 Å². The SMILES string of the molecule is O=C(C=Cc1ccco1)NC(=S)Nc1cccc(-c2nn3cnnc3s2)c1. The van der Waals surface area contributed by atoms with Gasteiger partial charge in [-0.1, -0.05) is 23.5 Å². The number of carbonyl (C=O) groups is 1. The fourth-order valence-corrected chi connectivity index (χ4v) is 3.30. The highest BCUT2D eigenvalue weighted by Crippen LogP contribution is 2.26. The Balaban J connectivity index is 1.41. The van der Waals surface area contributed by atoms with E-state index >= 15 is 0 Å². The summed E-state index contributed by atoms with van der Waals surface area (Å²) in [7, 11) is 0. The molecule has 3 heterocycles. The molecule has 27 heavy (non-hydrogen) atoms. The number of hydrogen-bond acceptors (Lipinski definition) is 7. The maximum absolute atomic E-state index is 11.9. The van der Waals surface area contributed by atoms with Gasteiger partial charge in [0.25, 0.3) is 0 Å². The van der Waals surface area contributed by atoms with E-state index in [0.29, 0.717) is 5.76 Å². The molecule has 0 fully saturated rings. The molecule has 0 saturated carbocycles. The highest BCUT2D eigenvalue weighted by molar-refractivity contribution is 7.80. The number of carbonyl (C=O) groups excluding carboxylic acids is 1. The molecular formula is C17H12N6O2S2. The zero-order chi connectivity index (χ0) is 18.6. The van der Waals surface area contributed by atoms with Crippen molar-refractivity contribution >= 4 is 51.3 Å². The van der Waals surface area contributed by atoms with Gasteiger partial charge in [0.15, 0.2) is 5.11 Å². The Bertz CT molecular complexity index is 1100. The van der Waals surface area contributed by atoms with Crippen LogP contribution in [0.1, 0.15) is 5.76 Å². The van der Waals surface area contributed by atoms with Crippen LogP contribution in [0.2, 0.25) is 0 Å². The Labute approximate surface area is 162 Å². The first-order chi connectivity index (χ1) is 13.2. The van der Waals surface area contributed by atoms with Gasteiger partial charge >= 0.3 is 0 Å². The summed E-state index contributed by atoms with van der Waals surface area (Å²) in [4.78, 5) is 12.6. The third kappa shape index (κ3) is 4.07. The number of furan rings is 1. The molecule has 4 rings (SSSR count). The molecule has 0 unspecified atom stereocenters. The fourth-order valence-electron chi connectivity index (χ4n) is 2.27. The van der Waals surface area contributed by atoms with Crippen LogP contribution in [0, 0.1) is 0 Å². The summed E-state index contributed by atoms with van der Waals surface area (Å²) in [6.45, 7) is 0.